The number of nitrogens with zero attached hydrogens (tertiary/aromatic N) is 1. The van der Waals surface area contributed by atoms with Gasteiger partial charge in [-0.15, -0.1) is 0 Å². The van der Waals surface area contributed by atoms with Crippen molar-refractivity contribution in [3.8, 4) is 0 Å². The number of carbonyl (C=O) groups excluding carboxylic acids is 1. The largest absolute Gasteiger partial charge is 0.302 e. The van der Waals surface area contributed by atoms with Gasteiger partial charge in [0.25, 0.3) is 0 Å². The molecule has 0 unspecified atom stereocenters. The van der Waals surface area contributed by atoms with Crippen LogP contribution in [0.25, 0.3) is 0 Å². The Morgan fingerprint density at radius 1 is 1.30 bits per heavy atom. The summed E-state index contributed by atoms with van der Waals surface area (Å²) >= 11 is 0. The molecule has 0 amide bonds. The molecule has 0 spiro atoms. The van der Waals surface area contributed by atoms with Gasteiger partial charge in [-0.3, -0.25) is 4.90 Å². The highest BCUT2D eigenvalue weighted by Crippen LogP contribution is 2.10. The molecule has 0 radical (unpaired) electrons. The summed E-state index contributed by atoms with van der Waals surface area (Å²) in [5.41, 5.74) is 0. The number of likely N-dealkylation sites (tertiary alicyclic amines) is 1. The molecule has 0 aromatic rings. The molecule has 2 nitrogen and oxygen atoms in total. The van der Waals surface area contributed by atoms with Crippen molar-refractivity contribution in [2.75, 3.05) is 13.1 Å². The predicted octanol–water partition coefficient (Wildman–Crippen LogP) is 1.06. The normalized spacial score (nSPS) is 24.1. The van der Waals surface area contributed by atoms with E-state index in [1.807, 2.05) is 6.92 Å². The van der Waals surface area contributed by atoms with Crippen LogP contribution in [0.3, 0.4) is 0 Å². The number of hydrogen-bond acceptors (Lipinski definition) is 2. The van der Waals surface area contributed by atoms with Gasteiger partial charge in [-0.2, -0.15) is 0 Å². The van der Waals surface area contributed by atoms with Crippen LogP contribution in [-0.4, -0.2) is 30.3 Å². The van der Waals surface area contributed by atoms with E-state index in [2.05, 4.69) is 4.90 Å². The summed E-state index contributed by atoms with van der Waals surface area (Å²) in [5.74, 6) is 0. The highest BCUT2D eigenvalue weighted by molar-refractivity contribution is 5.56. The minimum absolute atomic E-state index is 0.139. The van der Waals surface area contributed by atoms with E-state index in [1.54, 1.807) is 0 Å². The van der Waals surface area contributed by atoms with Gasteiger partial charge in [0.1, 0.15) is 6.29 Å². The van der Waals surface area contributed by atoms with Crippen molar-refractivity contribution in [2.24, 2.45) is 0 Å². The SMILES string of the molecule is C[C@@H](C=O)N1CCCCC1. The Morgan fingerprint density at radius 2 is 1.90 bits per heavy atom. The smallest absolute Gasteiger partial charge is 0.136 e. The highest BCUT2D eigenvalue weighted by atomic mass is 16.1. The van der Waals surface area contributed by atoms with Crippen LogP contribution in [0.4, 0.5) is 0 Å². The third kappa shape index (κ3) is 1.81. The maximum Gasteiger partial charge on any atom is 0.136 e. The molecule has 0 saturated carbocycles. The Hall–Kier alpha value is -0.370. The first-order valence-corrected chi connectivity index (χ1v) is 4.04. The Kier molecular flexibility index (Phi) is 2.87. The number of carbonyl (C=O) groups is 1. The van der Waals surface area contributed by atoms with Crippen LogP contribution in [0.15, 0.2) is 0 Å². The molecule has 10 heavy (non-hydrogen) atoms. The molecule has 0 aromatic carbocycles. The molecule has 1 heterocycles. The Labute approximate surface area is 62.2 Å². The van der Waals surface area contributed by atoms with Gasteiger partial charge in [0.2, 0.25) is 0 Å². The Morgan fingerprint density at radius 3 is 2.40 bits per heavy atom. The summed E-state index contributed by atoms with van der Waals surface area (Å²) in [4.78, 5) is 12.6. The lowest BCUT2D eigenvalue weighted by Crippen LogP contribution is -2.38. The van der Waals surface area contributed by atoms with Crippen molar-refractivity contribution in [1.29, 1.82) is 0 Å². The van der Waals surface area contributed by atoms with Crippen molar-refractivity contribution in [3.63, 3.8) is 0 Å². The molecule has 0 bridgehead atoms. The number of hydrogen-bond donors (Lipinski definition) is 0. The maximum atomic E-state index is 10.4. The lowest BCUT2D eigenvalue weighted by molar-refractivity contribution is -0.112. The average molecular weight is 141 g/mol. The molecular weight excluding hydrogens is 126 g/mol. The van der Waals surface area contributed by atoms with Gasteiger partial charge >= 0.3 is 0 Å². The molecule has 1 aliphatic rings. The fourth-order valence-corrected chi connectivity index (χ4v) is 1.41. The minimum atomic E-state index is 0.139. The predicted molar refractivity (Wildman–Crippen MR) is 41.0 cm³/mol. The topological polar surface area (TPSA) is 20.3 Å². The second-order valence-electron chi connectivity index (χ2n) is 2.97. The van der Waals surface area contributed by atoms with Gasteiger partial charge < -0.3 is 4.79 Å². The van der Waals surface area contributed by atoms with Gasteiger partial charge in [-0.05, 0) is 32.9 Å². The lowest BCUT2D eigenvalue weighted by atomic mass is 10.1. The van der Waals surface area contributed by atoms with E-state index in [4.69, 9.17) is 0 Å². The Bertz CT molecular complexity index is 108. The number of rotatable bonds is 2. The zero-order valence-corrected chi connectivity index (χ0v) is 6.55. The van der Waals surface area contributed by atoms with Crippen molar-refractivity contribution in [1.82, 2.24) is 4.90 Å². The molecule has 1 aliphatic heterocycles. The monoisotopic (exact) mass is 141 g/mol. The molecule has 2 heteroatoms. The van der Waals surface area contributed by atoms with E-state index >= 15 is 0 Å². The highest BCUT2D eigenvalue weighted by Gasteiger charge is 2.14. The van der Waals surface area contributed by atoms with Crippen LogP contribution in [0, 0.1) is 0 Å². The van der Waals surface area contributed by atoms with E-state index in [-0.39, 0.29) is 6.04 Å². The fourth-order valence-electron chi connectivity index (χ4n) is 1.41. The first kappa shape index (κ1) is 7.73. The van der Waals surface area contributed by atoms with Crippen LogP contribution >= 0.6 is 0 Å². The van der Waals surface area contributed by atoms with E-state index in [0.29, 0.717) is 0 Å². The summed E-state index contributed by atoms with van der Waals surface area (Å²) in [6.45, 7) is 4.19. The summed E-state index contributed by atoms with van der Waals surface area (Å²) in [6, 6.07) is 0.139. The zero-order chi connectivity index (χ0) is 7.40. The average Bonchev–Trinajstić information content (AvgIpc) is 2.05. The molecule has 0 N–H and O–H groups in total. The van der Waals surface area contributed by atoms with Crippen LogP contribution in [0.2, 0.25) is 0 Å². The summed E-state index contributed by atoms with van der Waals surface area (Å²) in [5, 5.41) is 0. The fraction of sp³-hybridized carbons (Fsp3) is 0.875. The molecule has 1 rings (SSSR count). The quantitative estimate of drug-likeness (QED) is 0.536. The van der Waals surface area contributed by atoms with Crippen LogP contribution < -0.4 is 0 Å². The van der Waals surface area contributed by atoms with Crippen LogP contribution in [0.5, 0.6) is 0 Å². The summed E-state index contributed by atoms with van der Waals surface area (Å²) < 4.78 is 0. The van der Waals surface area contributed by atoms with E-state index in [9.17, 15) is 4.79 Å². The van der Waals surface area contributed by atoms with Crippen LogP contribution in [-0.2, 0) is 4.79 Å². The van der Waals surface area contributed by atoms with E-state index in [0.717, 1.165) is 19.4 Å². The standard InChI is InChI=1S/C8H15NO/c1-8(7-10)9-5-3-2-4-6-9/h7-8H,2-6H2,1H3/t8-/m0/s1. The van der Waals surface area contributed by atoms with Gasteiger partial charge in [-0.25, -0.2) is 0 Å². The molecule has 1 atom stereocenters. The van der Waals surface area contributed by atoms with Crippen molar-refractivity contribution < 1.29 is 4.79 Å². The molecule has 1 fully saturated rings. The second kappa shape index (κ2) is 3.71. The third-order valence-corrected chi connectivity index (χ3v) is 2.16. The zero-order valence-electron chi connectivity index (χ0n) is 6.55. The van der Waals surface area contributed by atoms with E-state index < -0.39 is 0 Å². The lowest BCUT2D eigenvalue weighted by Gasteiger charge is -2.28. The Balaban J connectivity index is 2.30. The first-order chi connectivity index (χ1) is 4.84. The number of aldehydes is 1. The van der Waals surface area contributed by atoms with E-state index in [1.165, 1.54) is 19.3 Å². The molecular formula is C8H15NO. The minimum Gasteiger partial charge on any atom is -0.302 e. The van der Waals surface area contributed by atoms with Crippen molar-refractivity contribution in [2.45, 2.75) is 32.2 Å². The van der Waals surface area contributed by atoms with Crippen molar-refractivity contribution in [3.05, 3.63) is 0 Å². The van der Waals surface area contributed by atoms with Crippen molar-refractivity contribution >= 4 is 6.29 Å². The maximum absolute atomic E-state index is 10.4. The third-order valence-electron chi connectivity index (χ3n) is 2.16. The first-order valence-electron chi connectivity index (χ1n) is 4.04. The molecule has 58 valence electrons. The van der Waals surface area contributed by atoms with Gasteiger partial charge in [0, 0.05) is 0 Å². The number of piperidine rings is 1. The second-order valence-corrected chi connectivity index (χ2v) is 2.97. The van der Waals surface area contributed by atoms with Crippen LogP contribution in [0.1, 0.15) is 26.2 Å². The summed E-state index contributed by atoms with van der Waals surface area (Å²) in [6.07, 6.45) is 4.89. The van der Waals surface area contributed by atoms with Gasteiger partial charge in [0.15, 0.2) is 0 Å². The molecule has 0 aromatic heterocycles. The summed E-state index contributed by atoms with van der Waals surface area (Å²) in [7, 11) is 0. The van der Waals surface area contributed by atoms with Gasteiger partial charge in [-0.1, -0.05) is 6.42 Å². The molecule has 1 saturated heterocycles. The molecule has 0 aliphatic carbocycles. The van der Waals surface area contributed by atoms with Gasteiger partial charge in [0.05, 0.1) is 6.04 Å².